The summed E-state index contributed by atoms with van der Waals surface area (Å²) in [5.74, 6) is 0.763. The Hall–Kier alpha value is -0.870. The second kappa shape index (κ2) is 6.90. The van der Waals surface area contributed by atoms with Crippen LogP contribution in [0.1, 0.15) is 37.8 Å². The van der Waals surface area contributed by atoms with Crippen LogP contribution < -0.4 is 5.32 Å². The number of nitrogens with zero attached hydrogens (tertiary/aromatic N) is 2. The predicted molar refractivity (Wildman–Crippen MR) is 72.4 cm³/mol. The van der Waals surface area contributed by atoms with E-state index in [4.69, 9.17) is 0 Å². The van der Waals surface area contributed by atoms with E-state index in [9.17, 15) is 5.11 Å². The lowest BCUT2D eigenvalue weighted by molar-refractivity contribution is 0.141. The van der Waals surface area contributed by atoms with E-state index in [1.165, 1.54) is 31.4 Å². The highest BCUT2D eigenvalue weighted by atomic mass is 16.3. The van der Waals surface area contributed by atoms with E-state index >= 15 is 0 Å². The first kappa shape index (κ1) is 13.6. The molecule has 4 nitrogen and oxygen atoms in total. The number of aliphatic hydroxyl groups is 1. The number of aryl methyl sites for hydroxylation is 1. The van der Waals surface area contributed by atoms with Gasteiger partial charge in [0, 0.05) is 38.4 Å². The van der Waals surface area contributed by atoms with E-state index in [2.05, 4.69) is 10.4 Å². The molecule has 1 saturated carbocycles. The SMILES string of the molecule is Cn1nccc1CCNCC(O)CC1CCCC1. The topological polar surface area (TPSA) is 50.1 Å². The molecule has 0 spiro atoms. The first-order valence-corrected chi connectivity index (χ1v) is 7.11. The molecule has 1 fully saturated rings. The summed E-state index contributed by atoms with van der Waals surface area (Å²) in [5, 5.41) is 17.4. The fraction of sp³-hybridized carbons (Fsp3) is 0.786. The summed E-state index contributed by atoms with van der Waals surface area (Å²) in [7, 11) is 1.96. The van der Waals surface area contributed by atoms with Gasteiger partial charge in [0.2, 0.25) is 0 Å². The molecule has 1 aromatic rings. The van der Waals surface area contributed by atoms with Gasteiger partial charge in [0.25, 0.3) is 0 Å². The van der Waals surface area contributed by atoms with Crippen LogP contribution in [0.25, 0.3) is 0 Å². The van der Waals surface area contributed by atoms with Gasteiger partial charge in [0.1, 0.15) is 0 Å². The summed E-state index contributed by atoms with van der Waals surface area (Å²) in [6, 6.07) is 2.04. The molecule has 102 valence electrons. The van der Waals surface area contributed by atoms with Gasteiger partial charge in [0.15, 0.2) is 0 Å². The van der Waals surface area contributed by atoms with E-state index in [-0.39, 0.29) is 6.10 Å². The average molecular weight is 251 g/mol. The fourth-order valence-corrected chi connectivity index (χ4v) is 2.85. The second-order valence-electron chi connectivity index (χ2n) is 5.44. The van der Waals surface area contributed by atoms with Gasteiger partial charge < -0.3 is 10.4 Å². The lowest BCUT2D eigenvalue weighted by atomic mass is 10.00. The highest BCUT2D eigenvalue weighted by molar-refractivity contribution is 5.00. The molecule has 1 aliphatic carbocycles. The zero-order chi connectivity index (χ0) is 12.8. The van der Waals surface area contributed by atoms with Crippen LogP contribution in [0.4, 0.5) is 0 Å². The van der Waals surface area contributed by atoms with Crippen LogP contribution in [0.3, 0.4) is 0 Å². The fourth-order valence-electron chi connectivity index (χ4n) is 2.85. The van der Waals surface area contributed by atoms with Crippen LogP contribution in [-0.4, -0.2) is 34.1 Å². The highest BCUT2D eigenvalue weighted by Crippen LogP contribution is 2.28. The second-order valence-corrected chi connectivity index (χ2v) is 5.44. The van der Waals surface area contributed by atoms with Crippen molar-refractivity contribution in [2.24, 2.45) is 13.0 Å². The van der Waals surface area contributed by atoms with Crippen LogP contribution in [0.5, 0.6) is 0 Å². The van der Waals surface area contributed by atoms with Crippen molar-refractivity contribution in [2.75, 3.05) is 13.1 Å². The van der Waals surface area contributed by atoms with Crippen molar-refractivity contribution >= 4 is 0 Å². The summed E-state index contributed by atoms with van der Waals surface area (Å²) in [6.07, 6.45) is 8.91. The summed E-state index contributed by atoms with van der Waals surface area (Å²) >= 11 is 0. The zero-order valence-electron chi connectivity index (χ0n) is 11.3. The zero-order valence-corrected chi connectivity index (χ0v) is 11.3. The molecule has 1 aromatic heterocycles. The van der Waals surface area contributed by atoms with Crippen molar-refractivity contribution in [3.8, 4) is 0 Å². The Balaban J connectivity index is 1.56. The van der Waals surface area contributed by atoms with Gasteiger partial charge in [-0.1, -0.05) is 25.7 Å². The molecule has 0 bridgehead atoms. The van der Waals surface area contributed by atoms with Crippen LogP contribution in [0.15, 0.2) is 12.3 Å². The molecule has 0 saturated heterocycles. The normalized spacial score (nSPS) is 18.3. The van der Waals surface area contributed by atoms with Gasteiger partial charge in [-0.25, -0.2) is 0 Å². The van der Waals surface area contributed by atoms with E-state index in [0.717, 1.165) is 25.3 Å². The van der Waals surface area contributed by atoms with Crippen LogP contribution in [-0.2, 0) is 13.5 Å². The van der Waals surface area contributed by atoms with E-state index in [1.54, 1.807) is 0 Å². The highest BCUT2D eigenvalue weighted by Gasteiger charge is 2.18. The molecular weight excluding hydrogens is 226 g/mol. The van der Waals surface area contributed by atoms with Gasteiger partial charge in [0.05, 0.1) is 6.10 Å². The molecule has 1 unspecified atom stereocenters. The summed E-state index contributed by atoms with van der Waals surface area (Å²) < 4.78 is 1.90. The van der Waals surface area contributed by atoms with Crippen LogP contribution in [0, 0.1) is 5.92 Å². The molecule has 0 amide bonds. The first-order valence-electron chi connectivity index (χ1n) is 7.11. The quantitative estimate of drug-likeness (QED) is 0.722. The minimum Gasteiger partial charge on any atom is -0.392 e. The maximum absolute atomic E-state index is 9.94. The van der Waals surface area contributed by atoms with Crippen molar-refractivity contribution in [2.45, 2.75) is 44.6 Å². The van der Waals surface area contributed by atoms with Gasteiger partial charge in [-0.3, -0.25) is 4.68 Å². The van der Waals surface area contributed by atoms with Crippen molar-refractivity contribution in [1.82, 2.24) is 15.1 Å². The Kier molecular flexibility index (Phi) is 5.20. The van der Waals surface area contributed by atoms with Crippen molar-refractivity contribution in [3.63, 3.8) is 0 Å². The summed E-state index contributed by atoms with van der Waals surface area (Å²) in [6.45, 7) is 1.62. The van der Waals surface area contributed by atoms with E-state index in [0.29, 0.717) is 6.54 Å². The summed E-state index contributed by atoms with van der Waals surface area (Å²) in [4.78, 5) is 0. The van der Waals surface area contributed by atoms with Crippen molar-refractivity contribution < 1.29 is 5.11 Å². The maximum Gasteiger partial charge on any atom is 0.0667 e. The molecular formula is C14H25N3O. The number of hydrogen-bond donors (Lipinski definition) is 2. The predicted octanol–water partition coefficient (Wildman–Crippen LogP) is 1.49. The lowest BCUT2D eigenvalue weighted by Crippen LogP contribution is -2.30. The molecule has 1 atom stereocenters. The molecule has 0 aromatic carbocycles. The number of nitrogens with one attached hydrogen (secondary N) is 1. The molecule has 18 heavy (non-hydrogen) atoms. The monoisotopic (exact) mass is 251 g/mol. The van der Waals surface area contributed by atoms with Crippen LogP contribution >= 0.6 is 0 Å². The number of hydrogen-bond acceptors (Lipinski definition) is 3. The van der Waals surface area contributed by atoms with Gasteiger partial charge in [-0.15, -0.1) is 0 Å². The van der Waals surface area contributed by atoms with Gasteiger partial charge in [-0.2, -0.15) is 5.10 Å². The minimum absolute atomic E-state index is 0.181. The number of rotatable bonds is 7. The van der Waals surface area contributed by atoms with Crippen molar-refractivity contribution in [1.29, 1.82) is 0 Å². The molecule has 4 heteroatoms. The summed E-state index contributed by atoms with van der Waals surface area (Å²) in [5.41, 5.74) is 1.23. The molecule has 2 rings (SSSR count). The average Bonchev–Trinajstić information content (AvgIpc) is 2.97. The van der Waals surface area contributed by atoms with Gasteiger partial charge >= 0.3 is 0 Å². The van der Waals surface area contributed by atoms with E-state index < -0.39 is 0 Å². The Morgan fingerprint density at radius 3 is 2.94 bits per heavy atom. The molecule has 1 heterocycles. The maximum atomic E-state index is 9.94. The Morgan fingerprint density at radius 2 is 2.28 bits per heavy atom. The Bertz CT molecular complexity index is 345. The Morgan fingerprint density at radius 1 is 1.50 bits per heavy atom. The van der Waals surface area contributed by atoms with E-state index in [1.807, 2.05) is 24.0 Å². The van der Waals surface area contributed by atoms with Gasteiger partial charge in [-0.05, 0) is 18.4 Å². The largest absolute Gasteiger partial charge is 0.392 e. The number of aliphatic hydroxyl groups excluding tert-OH is 1. The minimum atomic E-state index is -0.181. The van der Waals surface area contributed by atoms with Crippen molar-refractivity contribution in [3.05, 3.63) is 18.0 Å². The first-order chi connectivity index (χ1) is 8.75. The molecule has 0 aliphatic heterocycles. The molecule has 2 N–H and O–H groups in total. The van der Waals surface area contributed by atoms with Crippen LogP contribution in [0.2, 0.25) is 0 Å². The third-order valence-corrected chi connectivity index (χ3v) is 3.94. The smallest absolute Gasteiger partial charge is 0.0667 e. The standard InChI is InChI=1S/C14H25N3O/c1-17-13(7-9-16-17)6-8-15-11-14(18)10-12-4-2-3-5-12/h7,9,12,14-15,18H,2-6,8,10-11H2,1H3. The molecule has 0 radical (unpaired) electrons. The third kappa shape index (κ3) is 4.10. The third-order valence-electron chi connectivity index (χ3n) is 3.94. The number of aromatic nitrogens is 2. The lowest BCUT2D eigenvalue weighted by Gasteiger charge is -2.15. The molecule has 1 aliphatic rings. The Labute approximate surface area is 109 Å².